The van der Waals surface area contributed by atoms with Gasteiger partial charge in [0, 0.05) is 25.2 Å². The van der Waals surface area contributed by atoms with Crippen LogP contribution >= 0.6 is 0 Å². The zero-order chi connectivity index (χ0) is 18.9. The molecule has 1 aromatic heterocycles. The van der Waals surface area contributed by atoms with Crippen LogP contribution < -0.4 is 15.0 Å². The number of piperidine rings is 1. The molecule has 0 atom stereocenters. The van der Waals surface area contributed by atoms with Crippen molar-refractivity contribution in [1.29, 1.82) is 0 Å². The lowest BCUT2D eigenvalue weighted by Gasteiger charge is -2.28. The second-order valence-corrected chi connectivity index (χ2v) is 6.54. The van der Waals surface area contributed by atoms with Gasteiger partial charge in [0.25, 0.3) is 0 Å². The number of carbonyl (C=O) groups excluding carboxylic acids is 1. The summed E-state index contributed by atoms with van der Waals surface area (Å²) in [5, 5.41) is 2.81. The number of anilines is 1. The van der Waals surface area contributed by atoms with Crippen LogP contribution in [-0.2, 0) is 4.79 Å². The lowest BCUT2D eigenvalue weighted by molar-refractivity contribution is -0.116. The molecule has 0 bridgehead atoms. The molecule has 142 valence electrons. The first-order valence-electron chi connectivity index (χ1n) is 9.45. The molecule has 0 unspecified atom stereocenters. The van der Waals surface area contributed by atoms with Crippen molar-refractivity contribution in [3.05, 3.63) is 53.9 Å². The summed E-state index contributed by atoms with van der Waals surface area (Å²) in [6.07, 6.45) is 6.99. The molecule has 27 heavy (non-hydrogen) atoms. The highest BCUT2D eigenvalue weighted by molar-refractivity contribution is 5.91. The molecule has 0 radical (unpaired) electrons. The van der Waals surface area contributed by atoms with Crippen LogP contribution in [-0.4, -0.2) is 42.1 Å². The summed E-state index contributed by atoms with van der Waals surface area (Å²) in [6.45, 7) is 4.71. The minimum Gasteiger partial charge on any atom is -0.476 e. The number of hydrogen-bond acceptors (Lipinski definition) is 5. The molecular formula is C21H26N4O2. The van der Waals surface area contributed by atoms with Crippen LogP contribution in [0.2, 0.25) is 0 Å². The summed E-state index contributed by atoms with van der Waals surface area (Å²) >= 11 is 0. The number of carbonyl (C=O) groups is 1. The molecule has 2 aromatic rings. The number of amides is 1. The van der Waals surface area contributed by atoms with Gasteiger partial charge in [0.1, 0.15) is 18.2 Å². The Morgan fingerprint density at radius 3 is 2.74 bits per heavy atom. The van der Waals surface area contributed by atoms with E-state index in [-0.39, 0.29) is 5.91 Å². The van der Waals surface area contributed by atoms with E-state index in [4.69, 9.17) is 4.74 Å². The van der Waals surface area contributed by atoms with Crippen LogP contribution in [0.3, 0.4) is 0 Å². The highest BCUT2D eigenvalue weighted by atomic mass is 16.5. The number of nitrogens with zero attached hydrogens (tertiary/aromatic N) is 3. The average Bonchev–Trinajstić information content (AvgIpc) is 2.71. The number of aryl methyl sites for hydroxylation is 1. The highest BCUT2D eigenvalue weighted by Gasteiger charge is 2.14. The van der Waals surface area contributed by atoms with Gasteiger partial charge in [-0.15, -0.1) is 0 Å². The van der Waals surface area contributed by atoms with Crippen molar-refractivity contribution in [2.24, 2.45) is 0 Å². The molecule has 1 aromatic carbocycles. The molecule has 1 amide bonds. The van der Waals surface area contributed by atoms with Crippen molar-refractivity contribution in [3.63, 3.8) is 0 Å². The van der Waals surface area contributed by atoms with Crippen LogP contribution in [0.25, 0.3) is 6.08 Å². The maximum atomic E-state index is 11.9. The highest BCUT2D eigenvalue weighted by Crippen LogP contribution is 2.21. The Kier molecular flexibility index (Phi) is 6.79. The van der Waals surface area contributed by atoms with Crippen molar-refractivity contribution < 1.29 is 9.53 Å². The normalized spacial score (nSPS) is 14.3. The van der Waals surface area contributed by atoms with E-state index in [2.05, 4.69) is 20.2 Å². The monoisotopic (exact) mass is 366 g/mol. The molecule has 0 spiro atoms. The van der Waals surface area contributed by atoms with Crippen molar-refractivity contribution in [2.75, 3.05) is 31.1 Å². The predicted molar refractivity (Wildman–Crippen MR) is 107 cm³/mol. The molecular weight excluding hydrogens is 340 g/mol. The summed E-state index contributed by atoms with van der Waals surface area (Å²) < 4.78 is 5.71. The molecule has 6 heteroatoms. The Balaban J connectivity index is 1.45. The third-order valence-electron chi connectivity index (χ3n) is 4.36. The SMILES string of the molecule is Cc1nc(OCCNC(=O)/C=C/c2ccccc2)cc(N2CCCCC2)n1. The van der Waals surface area contributed by atoms with Crippen LogP contribution in [0.4, 0.5) is 5.82 Å². The van der Waals surface area contributed by atoms with Gasteiger partial charge in [0.05, 0.1) is 6.54 Å². The summed E-state index contributed by atoms with van der Waals surface area (Å²) in [5.41, 5.74) is 0.991. The number of aromatic nitrogens is 2. The lowest BCUT2D eigenvalue weighted by atomic mass is 10.1. The number of nitrogens with one attached hydrogen (secondary N) is 1. The molecule has 3 rings (SSSR count). The van der Waals surface area contributed by atoms with Crippen LogP contribution in [0.5, 0.6) is 5.88 Å². The molecule has 1 fully saturated rings. The second kappa shape index (κ2) is 9.71. The minimum atomic E-state index is -0.143. The van der Waals surface area contributed by atoms with E-state index in [1.54, 1.807) is 6.08 Å². The first-order valence-corrected chi connectivity index (χ1v) is 9.45. The fraction of sp³-hybridized carbons (Fsp3) is 0.381. The first kappa shape index (κ1) is 18.9. The minimum absolute atomic E-state index is 0.143. The summed E-state index contributed by atoms with van der Waals surface area (Å²) in [6, 6.07) is 11.6. The third kappa shape index (κ3) is 6.09. The molecule has 1 saturated heterocycles. The molecule has 0 aliphatic carbocycles. The Bertz CT molecular complexity index is 771. The first-order chi connectivity index (χ1) is 13.2. The Hall–Kier alpha value is -2.89. The molecule has 1 N–H and O–H groups in total. The van der Waals surface area contributed by atoms with Gasteiger partial charge in [0.2, 0.25) is 11.8 Å². The van der Waals surface area contributed by atoms with E-state index in [9.17, 15) is 4.79 Å². The van der Waals surface area contributed by atoms with Crippen LogP contribution in [0.1, 0.15) is 30.7 Å². The average molecular weight is 366 g/mol. The van der Waals surface area contributed by atoms with E-state index in [1.807, 2.05) is 43.3 Å². The molecule has 6 nitrogen and oxygen atoms in total. The molecule has 1 aliphatic heterocycles. The third-order valence-corrected chi connectivity index (χ3v) is 4.36. The quantitative estimate of drug-likeness (QED) is 0.603. The predicted octanol–water partition coefficient (Wildman–Crippen LogP) is 2.98. The van der Waals surface area contributed by atoms with Crippen molar-refractivity contribution in [1.82, 2.24) is 15.3 Å². The van der Waals surface area contributed by atoms with Gasteiger partial charge in [-0.05, 0) is 37.8 Å². The Labute approximate surface area is 160 Å². The number of ether oxygens (including phenoxy) is 1. The van der Waals surface area contributed by atoms with Gasteiger partial charge in [-0.3, -0.25) is 4.79 Å². The van der Waals surface area contributed by atoms with E-state index < -0.39 is 0 Å². The summed E-state index contributed by atoms with van der Waals surface area (Å²) in [5.74, 6) is 2.03. The number of rotatable bonds is 7. The van der Waals surface area contributed by atoms with Gasteiger partial charge >= 0.3 is 0 Å². The zero-order valence-electron chi connectivity index (χ0n) is 15.7. The van der Waals surface area contributed by atoms with E-state index >= 15 is 0 Å². The van der Waals surface area contributed by atoms with Gasteiger partial charge in [-0.2, -0.15) is 4.98 Å². The smallest absolute Gasteiger partial charge is 0.244 e. The van der Waals surface area contributed by atoms with E-state index in [0.29, 0.717) is 24.9 Å². The van der Waals surface area contributed by atoms with E-state index in [1.165, 1.54) is 25.3 Å². The second-order valence-electron chi connectivity index (χ2n) is 6.54. The number of hydrogen-bond donors (Lipinski definition) is 1. The van der Waals surface area contributed by atoms with Gasteiger partial charge < -0.3 is 15.0 Å². The van der Waals surface area contributed by atoms with Gasteiger partial charge in [-0.25, -0.2) is 4.98 Å². The van der Waals surface area contributed by atoms with Crippen LogP contribution in [0, 0.1) is 6.92 Å². The lowest BCUT2D eigenvalue weighted by Crippen LogP contribution is -2.30. The summed E-state index contributed by atoms with van der Waals surface area (Å²) in [7, 11) is 0. The Morgan fingerprint density at radius 2 is 1.96 bits per heavy atom. The maximum absolute atomic E-state index is 11.9. The standard InChI is InChI=1S/C21H26N4O2/c1-17-23-19(25-13-6-3-7-14-25)16-21(24-17)27-15-12-22-20(26)11-10-18-8-4-2-5-9-18/h2,4-5,8-11,16H,3,6-7,12-15H2,1H3,(H,22,26)/b11-10+. The van der Waals surface area contributed by atoms with Gasteiger partial charge in [0.15, 0.2) is 0 Å². The fourth-order valence-corrected chi connectivity index (χ4v) is 3.01. The number of benzene rings is 1. The van der Waals surface area contributed by atoms with E-state index in [0.717, 1.165) is 24.5 Å². The Morgan fingerprint density at radius 1 is 1.19 bits per heavy atom. The van der Waals surface area contributed by atoms with Crippen LogP contribution in [0.15, 0.2) is 42.5 Å². The molecule has 2 heterocycles. The van der Waals surface area contributed by atoms with Crippen molar-refractivity contribution in [3.8, 4) is 5.88 Å². The summed E-state index contributed by atoms with van der Waals surface area (Å²) in [4.78, 5) is 23.0. The largest absolute Gasteiger partial charge is 0.476 e. The molecule has 1 aliphatic rings. The maximum Gasteiger partial charge on any atom is 0.244 e. The van der Waals surface area contributed by atoms with Gasteiger partial charge in [-0.1, -0.05) is 30.3 Å². The molecule has 0 saturated carbocycles. The van der Waals surface area contributed by atoms with Crippen molar-refractivity contribution >= 4 is 17.8 Å². The topological polar surface area (TPSA) is 67.3 Å². The fourth-order valence-electron chi connectivity index (χ4n) is 3.01. The zero-order valence-corrected chi connectivity index (χ0v) is 15.7. The van der Waals surface area contributed by atoms with Crippen molar-refractivity contribution in [2.45, 2.75) is 26.2 Å².